The van der Waals surface area contributed by atoms with Gasteiger partial charge in [0.2, 0.25) is 0 Å². The fourth-order valence-electron chi connectivity index (χ4n) is 1.84. The number of aliphatic carboxylic acids is 1. The lowest BCUT2D eigenvalue weighted by molar-refractivity contribution is -0.137. The van der Waals surface area contributed by atoms with Crippen LogP contribution in [0.15, 0.2) is 29.4 Å². The predicted molar refractivity (Wildman–Crippen MR) is 109 cm³/mol. The molecule has 1 aromatic rings. The van der Waals surface area contributed by atoms with Crippen LogP contribution in [0.1, 0.15) is 32.8 Å². The maximum absolute atomic E-state index is 12.3. The number of carbonyl (C=O) groups excluding carboxylic acids is 1. The van der Waals surface area contributed by atoms with Crippen molar-refractivity contribution in [1.29, 1.82) is 0 Å². The van der Waals surface area contributed by atoms with E-state index in [-0.39, 0.29) is 24.3 Å². The molecule has 0 atom stereocenters. The highest BCUT2D eigenvalue weighted by Crippen LogP contribution is 2.34. The summed E-state index contributed by atoms with van der Waals surface area (Å²) in [6.45, 7) is 6.89. The van der Waals surface area contributed by atoms with Crippen LogP contribution < -0.4 is 0 Å². The fraction of sp³-hybridized carbons (Fsp3) is 0.529. The minimum absolute atomic E-state index is 0.0584. The Hall–Kier alpha value is -2.03. The van der Waals surface area contributed by atoms with Gasteiger partial charge in [0, 0.05) is 34.2 Å². The van der Waals surface area contributed by atoms with Gasteiger partial charge in [-0.25, -0.2) is 4.79 Å². The molecule has 0 heterocycles. The molecule has 0 saturated heterocycles. The lowest BCUT2D eigenvalue weighted by atomic mass is 10.2. The largest absolute Gasteiger partial charge is 0.481 e. The van der Waals surface area contributed by atoms with Crippen molar-refractivity contribution in [2.24, 2.45) is 5.11 Å². The molecular weight excluding hydrogens is 388 g/mol. The van der Waals surface area contributed by atoms with Gasteiger partial charge in [-0.05, 0) is 11.1 Å². The minimum Gasteiger partial charge on any atom is -0.481 e. The minimum atomic E-state index is -0.960. The molecule has 0 spiro atoms. The van der Waals surface area contributed by atoms with Crippen molar-refractivity contribution < 1.29 is 19.4 Å². The Bertz CT molecular complexity index is 671. The molecule has 0 radical (unpaired) electrons. The molecule has 0 aliphatic heterocycles. The Balaban J connectivity index is 2.55. The first kappa shape index (κ1) is 23.0. The smallest absolute Gasteiger partial charge is 0.410 e. The standard InChI is InChI=1S/C17H24N4O4S2/c1-17(2,3)27-26-11-10-21(9-8-15(22)23)16(24)25-12-13-4-6-14(7-5-13)19-20-18/h4-7H,8-12H2,1-3H3,(H,22,23). The monoisotopic (exact) mass is 412 g/mol. The molecule has 148 valence electrons. The summed E-state index contributed by atoms with van der Waals surface area (Å²) in [5.41, 5.74) is 9.61. The van der Waals surface area contributed by atoms with E-state index in [1.165, 1.54) is 4.90 Å². The van der Waals surface area contributed by atoms with Gasteiger partial charge in [0.25, 0.3) is 0 Å². The maximum atomic E-state index is 12.3. The Kier molecular flexibility index (Phi) is 9.92. The van der Waals surface area contributed by atoms with E-state index in [9.17, 15) is 9.59 Å². The van der Waals surface area contributed by atoms with Crippen molar-refractivity contribution in [2.45, 2.75) is 38.5 Å². The molecule has 0 bridgehead atoms. The molecule has 1 N–H and O–H groups in total. The number of hydrogen-bond donors (Lipinski definition) is 1. The number of benzene rings is 1. The van der Waals surface area contributed by atoms with Crippen LogP contribution in [0.5, 0.6) is 0 Å². The average Bonchev–Trinajstić information content (AvgIpc) is 2.59. The van der Waals surface area contributed by atoms with Crippen LogP contribution in [-0.2, 0) is 16.1 Å². The summed E-state index contributed by atoms with van der Waals surface area (Å²) in [7, 11) is 3.36. The van der Waals surface area contributed by atoms with Crippen LogP contribution in [-0.4, -0.2) is 45.7 Å². The first-order valence-electron chi connectivity index (χ1n) is 8.29. The summed E-state index contributed by atoms with van der Waals surface area (Å²) in [4.78, 5) is 27.3. The van der Waals surface area contributed by atoms with Gasteiger partial charge in [-0.15, -0.1) is 0 Å². The van der Waals surface area contributed by atoms with Crippen molar-refractivity contribution >= 4 is 39.3 Å². The number of hydrogen-bond acceptors (Lipinski definition) is 6. The Morgan fingerprint density at radius 2 is 1.93 bits per heavy atom. The van der Waals surface area contributed by atoms with Gasteiger partial charge in [-0.2, -0.15) is 0 Å². The van der Waals surface area contributed by atoms with Gasteiger partial charge in [0.05, 0.1) is 6.42 Å². The maximum Gasteiger partial charge on any atom is 0.410 e. The topological polar surface area (TPSA) is 116 Å². The fourth-order valence-corrected chi connectivity index (χ4v) is 4.10. The van der Waals surface area contributed by atoms with Crippen LogP contribution >= 0.6 is 21.6 Å². The van der Waals surface area contributed by atoms with E-state index in [2.05, 4.69) is 30.8 Å². The SMILES string of the molecule is CC(C)(C)SSCCN(CCC(=O)O)C(=O)OCc1ccc(N=[N+]=[N-])cc1. The summed E-state index contributed by atoms with van der Waals surface area (Å²) in [5, 5.41) is 12.4. The van der Waals surface area contributed by atoms with Crippen LogP contribution in [0.4, 0.5) is 10.5 Å². The van der Waals surface area contributed by atoms with Crippen LogP contribution in [0.3, 0.4) is 0 Å². The number of carboxylic acids is 1. The lowest BCUT2D eigenvalue weighted by Gasteiger charge is -2.22. The molecule has 0 unspecified atom stereocenters. The molecular formula is C17H24N4O4S2. The van der Waals surface area contributed by atoms with Crippen molar-refractivity contribution in [1.82, 2.24) is 4.90 Å². The third-order valence-electron chi connectivity index (χ3n) is 3.07. The third-order valence-corrected chi connectivity index (χ3v) is 6.39. The summed E-state index contributed by atoms with van der Waals surface area (Å²) in [6.07, 6.45) is -0.677. The van der Waals surface area contributed by atoms with E-state index < -0.39 is 12.1 Å². The van der Waals surface area contributed by atoms with E-state index in [1.807, 2.05) is 0 Å². The van der Waals surface area contributed by atoms with E-state index >= 15 is 0 Å². The number of amides is 1. The van der Waals surface area contributed by atoms with Crippen LogP contribution in [0.25, 0.3) is 10.4 Å². The number of carboxylic acid groups (broad SMARTS) is 1. The van der Waals surface area contributed by atoms with Gasteiger partial charge in [-0.1, -0.05) is 71.7 Å². The van der Waals surface area contributed by atoms with E-state index in [1.54, 1.807) is 45.9 Å². The molecule has 27 heavy (non-hydrogen) atoms. The predicted octanol–water partition coefficient (Wildman–Crippen LogP) is 5.22. The average molecular weight is 413 g/mol. The van der Waals surface area contributed by atoms with Crippen LogP contribution in [0, 0.1) is 0 Å². The zero-order valence-electron chi connectivity index (χ0n) is 15.6. The molecule has 1 amide bonds. The molecule has 0 aliphatic rings. The van der Waals surface area contributed by atoms with Gasteiger partial charge in [0.15, 0.2) is 0 Å². The second-order valence-corrected chi connectivity index (χ2v) is 9.80. The molecule has 10 heteroatoms. The molecule has 0 aromatic heterocycles. The molecule has 1 rings (SSSR count). The first-order valence-corrected chi connectivity index (χ1v) is 10.6. The van der Waals surface area contributed by atoms with Gasteiger partial charge in [0.1, 0.15) is 6.61 Å². The van der Waals surface area contributed by atoms with Gasteiger partial charge >= 0.3 is 12.1 Å². The zero-order valence-corrected chi connectivity index (χ0v) is 17.3. The number of azide groups is 1. The van der Waals surface area contributed by atoms with E-state index in [0.29, 0.717) is 18.0 Å². The van der Waals surface area contributed by atoms with Gasteiger partial charge in [-0.3, -0.25) is 4.79 Å². The van der Waals surface area contributed by atoms with Crippen molar-refractivity contribution in [3.63, 3.8) is 0 Å². The molecule has 0 fully saturated rings. The normalized spacial score (nSPS) is 10.8. The van der Waals surface area contributed by atoms with E-state index in [0.717, 1.165) is 5.56 Å². The number of nitrogens with zero attached hydrogens (tertiary/aromatic N) is 4. The van der Waals surface area contributed by atoms with Gasteiger partial charge < -0.3 is 14.7 Å². The first-order chi connectivity index (χ1) is 12.7. The highest BCUT2D eigenvalue weighted by Gasteiger charge is 2.17. The zero-order chi connectivity index (χ0) is 20.3. The molecule has 0 aliphatic carbocycles. The second-order valence-electron chi connectivity index (χ2n) is 6.56. The summed E-state index contributed by atoms with van der Waals surface area (Å²) in [5.74, 6) is -0.282. The van der Waals surface area contributed by atoms with Crippen LogP contribution in [0.2, 0.25) is 0 Å². The number of carbonyl (C=O) groups is 2. The number of ether oxygens (including phenoxy) is 1. The molecule has 1 aromatic carbocycles. The van der Waals surface area contributed by atoms with Crippen molar-refractivity contribution in [2.75, 3.05) is 18.8 Å². The second kappa shape index (κ2) is 11.6. The van der Waals surface area contributed by atoms with Crippen molar-refractivity contribution in [3.05, 3.63) is 40.3 Å². The quantitative estimate of drug-likeness (QED) is 0.185. The number of rotatable bonds is 10. The summed E-state index contributed by atoms with van der Waals surface area (Å²) in [6, 6.07) is 6.67. The van der Waals surface area contributed by atoms with Crippen molar-refractivity contribution in [3.8, 4) is 0 Å². The van der Waals surface area contributed by atoms with E-state index in [4.69, 9.17) is 15.4 Å². The molecule has 8 nitrogen and oxygen atoms in total. The highest BCUT2D eigenvalue weighted by molar-refractivity contribution is 8.77. The third kappa shape index (κ3) is 10.6. The highest BCUT2D eigenvalue weighted by atomic mass is 33.1. The lowest BCUT2D eigenvalue weighted by Crippen LogP contribution is -2.35. The summed E-state index contributed by atoms with van der Waals surface area (Å²) < 4.78 is 5.40. The Morgan fingerprint density at radius 1 is 1.26 bits per heavy atom. The molecule has 0 saturated carbocycles. The Morgan fingerprint density at radius 3 is 2.48 bits per heavy atom. The Labute approximate surface area is 166 Å². The summed E-state index contributed by atoms with van der Waals surface area (Å²) >= 11 is 0.